The van der Waals surface area contributed by atoms with E-state index in [9.17, 15) is 22.4 Å². The zero-order chi connectivity index (χ0) is 15.8. The van der Waals surface area contributed by atoms with Gasteiger partial charge in [0.2, 0.25) is 0 Å². The van der Waals surface area contributed by atoms with Crippen molar-refractivity contribution in [2.45, 2.75) is 6.18 Å². The van der Waals surface area contributed by atoms with Crippen LogP contribution in [0.4, 0.5) is 23.2 Å². The summed E-state index contributed by atoms with van der Waals surface area (Å²) < 4.78 is 51.0. The van der Waals surface area contributed by atoms with Crippen LogP contribution in [-0.4, -0.2) is 5.78 Å². The van der Waals surface area contributed by atoms with Crippen LogP contribution in [0.3, 0.4) is 0 Å². The molecule has 0 aliphatic heterocycles. The maximum atomic E-state index is 13.2. The summed E-state index contributed by atoms with van der Waals surface area (Å²) in [6.45, 7) is 0. The molecule has 2 N–H and O–H groups in total. The lowest BCUT2D eigenvalue weighted by Gasteiger charge is -2.10. The standard InChI is InChI=1S/C14H8ClF4NO/c15-10-3-1-8(6-12(10)20)13(21)7-2-4-11(16)9(5-7)14(17,18)19/h1-6H,20H2. The fourth-order valence-corrected chi connectivity index (χ4v) is 1.85. The summed E-state index contributed by atoms with van der Waals surface area (Å²) in [5, 5.41) is 0.224. The van der Waals surface area contributed by atoms with Gasteiger partial charge in [0, 0.05) is 11.1 Å². The zero-order valence-corrected chi connectivity index (χ0v) is 11.1. The largest absolute Gasteiger partial charge is 0.419 e. The molecule has 0 atom stereocenters. The number of hydrogen-bond donors (Lipinski definition) is 1. The molecule has 0 saturated heterocycles. The van der Waals surface area contributed by atoms with Gasteiger partial charge in [-0.05, 0) is 36.4 Å². The highest BCUT2D eigenvalue weighted by atomic mass is 35.5. The highest BCUT2D eigenvalue weighted by Crippen LogP contribution is 2.32. The smallest absolute Gasteiger partial charge is 0.398 e. The van der Waals surface area contributed by atoms with Gasteiger partial charge in [-0.15, -0.1) is 0 Å². The maximum absolute atomic E-state index is 13.2. The second kappa shape index (κ2) is 5.37. The molecule has 110 valence electrons. The van der Waals surface area contributed by atoms with Gasteiger partial charge < -0.3 is 5.73 Å². The van der Waals surface area contributed by atoms with Gasteiger partial charge in [0.25, 0.3) is 0 Å². The number of benzene rings is 2. The van der Waals surface area contributed by atoms with E-state index in [1.807, 2.05) is 0 Å². The molecule has 2 aromatic rings. The molecule has 2 nitrogen and oxygen atoms in total. The number of ketones is 1. The zero-order valence-electron chi connectivity index (χ0n) is 10.3. The van der Waals surface area contributed by atoms with Gasteiger partial charge >= 0.3 is 6.18 Å². The second-order valence-corrected chi connectivity index (χ2v) is 4.67. The van der Waals surface area contributed by atoms with E-state index in [1.54, 1.807) is 0 Å². The highest BCUT2D eigenvalue weighted by molar-refractivity contribution is 6.33. The van der Waals surface area contributed by atoms with Gasteiger partial charge in [0.15, 0.2) is 5.78 Å². The Bertz CT molecular complexity index is 713. The lowest BCUT2D eigenvalue weighted by atomic mass is 10.0. The first-order chi connectivity index (χ1) is 9.70. The van der Waals surface area contributed by atoms with Gasteiger partial charge in [-0.3, -0.25) is 4.79 Å². The predicted molar refractivity (Wildman–Crippen MR) is 70.7 cm³/mol. The van der Waals surface area contributed by atoms with E-state index in [4.69, 9.17) is 17.3 Å². The number of halogens is 5. The van der Waals surface area contributed by atoms with Gasteiger partial charge in [0.1, 0.15) is 5.82 Å². The molecule has 0 aliphatic rings. The first kappa shape index (κ1) is 15.3. The summed E-state index contributed by atoms with van der Waals surface area (Å²) in [6.07, 6.45) is -4.88. The number of hydrogen-bond acceptors (Lipinski definition) is 2. The van der Waals surface area contributed by atoms with Crippen LogP contribution >= 0.6 is 11.6 Å². The lowest BCUT2D eigenvalue weighted by molar-refractivity contribution is -0.140. The maximum Gasteiger partial charge on any atom is 0.419 e. The summed E-state index contributed by atoms with van der Waals surface area (Å²) in [5.74, 6) is -2.14. The van der Waals surface area contributed by atoms with Crippen molar-refractivity contribution in [2.24, 2.45) is 0 Å². The molecule has 0 aliphatic carbocycles. The van der Waals surface area contributed by atoms with Gasteiger partial charge in [-0.2, -0.15) is 13.2 Å². The van der Waals surface area contributed by atoms with Crippen LogP contribution in [-0.2, 0) is 6.18 Å². The first-order valence-electron chi connectivity index (χ1n) is 5.66. The molecule has 0 heterocycles. The first-order valence-corrected chi connectivity index (χ1v) is 6.04. The molecule has 21 heavy (non-hydrogen) atoms. The third-order valence-electron chi connectivity index (χ3n) is 2.79. The van der Waals surface area contributed by atoms with Crippen LogP contribution < -0.4 is 5.73 Å². The Morgan fingerprint density at radius 2 is 1.62 bits per heavy atom. The number of nitrogen functional groups attached to an aromatic ring is 1. The van der Waals surface area contributed by atoms with Crippen molar-refractivity contribution in [2.75, 3.05) is 5.73 Å². The average molecular weight is 318 g/mol. The summed E-state index contributed by atoms with van der Waals surface area (Å²) in [7, 11) is 0. The van der Waals surface area contributed by atoms with Crippen molar-refractivity contribution in [3.8, 4) is 0 Å². The van der Waals surface area contributed by atoms with Crippen LogP contribution in [0.5, 0.6) is 0 Å². The van der Waals surface area contributed by atoms with Crippen LogP contribution in [0.2, 0.25) is 5.02 Å². The summed E-state index contributed by atoms with van der Waals surface area (Å²) in [6, 6.07) is 6.01. The SMILES string of the molecule is Nc1cc(C(=O)c2ccc(F)c(C(F)(F)F)c2)ccc1Cl. The number of anilines is 1. The van der Waals surface area contributed by atoms with Crippen molar-refractivity contribution >= 4 is 23.1 Å². The molecule has 0 bridgehead atoms. The summed E-state index contributed by atoms with van der Waals surface area (Å²) >= 11 is 5.70. The molecule has 0 saturated carbocycles. The van der Waals surface area contributed by atoms with E-state index < -0.39 is 23.3 Å². The Morgan fingerprint density at radius 3 is 2.19 bits per heavy atom. The van der Waals surface area contributed by atoms with Crippen molar-refractivity contribution in [1.29, 1.82) is 0 Å². The molecule has 0 spiro atoms. The average Bonchev–Trinajstić information content (AvgIpc) is 2.40. The third kappa shape index (κ3) is 3.16. The third-order valence-corrected chi connectivity index (χ3v) is 3.14. The number of nitrogens with two attached hydrogens (primary N) is 1. The van der Waals surface area contributed by atoms with E-state index in [0.29, 0.717) is 12.1 Å². The minimum atomic E-state index is -4.88. The number of rotatable bonds is 2. The fraction of sp³-hybridized carbons (Fsp3) is 0.0714. The molecule has 0 unspecified atom stereocenters. The van der Waals surface area contributed by atoms with E-state index in [-0.39, 0.29) is 21.8 Å². The molecule has 0 amide bonds. The molecule has 0 radical (unpaired) electrons. The van der Waals surface area contributed by atoms with Gasteiger partial charge in [-0.1, -0.05) is 11.6 Å². The summed E-state index contributed by atoms with van der Waals surface area (Å²) in [5.41, 5.74) is 3.95. The van der Waals surface area contributed by atoms with Crippen LogP contribution in [0.1, 0.15) is 21.5 Å². The molecule has 2 aromatic carbocycles. The van der Waals surface area contributed by atoms with Gasteiger partial charge in [0.05, 0.1) is 16.3 Å². The Labute approximate surface area is 122 Å². The molecular weight excluding hydrogens is 310 g/mol. The fourth-order valence-electron chi connectivity index (χ4n) is 1.74. The second-order valence-electron chi connectivity index (χ2n) is 4.26. The molecule has 2 rings (SSSR count). The van der Waals surface area contributed by atoms with Crippen LogP contribution in [0.15, 0.2) is 36.4 Å². The molecule has 0 aromatic heterocycles. The Balaban J connectivity index is 2.46. The van der Waals surface area contributed by atoms with Crippen molar-refractivity contribution < 1.29 is 22.4 Å². The Kier molecular flexibility index (Phi) is 3.91. The topological polar surface area (TPSA) is 43.1 Å². The molecular formula is C14H8ClF4NO. The van der Waals surface area contributed by atoms with E-state index in [0.717, 1.165) is 6.07 Å². The van der Waals surface area contributed by atoms with Crippen molar-refractivity contribution in [3.63, 3.8) is 0 Å². The Hall–Kier alpha value is -2.08. The highest BCUT2D eigenvalue weighted by Gasteiger charge is 2.34. The van der Waals surface area contributed by atoms with E-state index in [2.05, 4.69) is 0 Å². The molecule has 0 fully saturated rings. The minimum absolute atomic E-state index is 0.0663. The van der Waals surface area contributed by atoms with Crippen LogP contribution in [0, 0.1) is 5.82 Å². The summed E-state index contributed by atoms with van der Waals surface area (Å²) in [4.78, 5) is 12.1. The van der Waals surface area contributed by atoms with E-state index >= 15 is 0 Å². The monoisotopic (exact) mass is 317 g/mol. The quantitative estimate of drug-likeness (QED) is 0.509. The number of carbonyl (C=O) groups excluding carboxylic acids is 1. The van der Waals surface area contributed by atoms with Crippen molar-refractivity contribution in [3.05, 3.63) is 63.9 Å². The normalized spacial score (nSPS) is 11.5. The predicted octanol–water partition coefficient (Wildman–Crippen LogP) is 4.31. The molecule has 7 heteroatoms. The Morgan fingerprint density at radius 1 is 1.05 bits per heavy atom. The van der Waals surface area contributed by atoms with Crippen LogP contribution in [0.25, 0.3) is 0 Å². The van der Waals surface area contributed by atoms with Gasteiger partial charge in [-0.25, -0.2) is 4.39 Å². The van der Waals surface area contributed by atoms with Crippen molar-refractivity contribution in [1.82, 2.24) is 0 Å². The van der Waals surface area contributed by atoms with E-state index in [1.165, 1.54) is 18.2 Å². The number of carbonyl (C=O) groups is 1. The number of alkyl halides is 3. The lowest BCUT2D eigenvalue weighted by Crippen LogP contribution is -2.11. The minimum Gasteiger partial charge on any atom is -0.398 e.